The Hall–Kier alpha value is -0.930. The van der Waals surface area contributed by atoms with Crippen molar-refractivity contribution >= 4 is 0 Å². The van der Waals surface area contributed by atoms with Gasteiger partial charge in [0.05, 0.1) is 5.69 Å². The number of aromatic nitrogens is 1. The molecule has 1 aromatic rings. The highest BCUT2D eigenvalue weighted by atomic mass is 16.3. The quantitative estimate of drug-likeness (QED) is 0.889. The third-order valence-corrected chi connectivity index (χ3v) is 4.12. The van der Waals surface area contributed by atoms with Crippen molar-refractivity contribution in [3.8, 4) is 0 Å². The van der Waals surface area contributed by atoms with Gasteiger partial charge in [0.2, 0.25) is 0 Å². The molecule has 2 heterocycles. The first-order chi connectivity index (χ1) is 8.62. The fourth-order valence-corrected chi connectivity index (χ4v) is 2.75. The van der Waals surface area contributed by atoms with Crippen molar-refractivity contribution in [2.75, 3.05) is 13.2 Å². The van der Waals surface area contributed by atoms with Crippen molar-refractivity contribution in [1.82, 2.24) is 9.88 Å². The first-order valence-electron chi connectivity index (χ1n) is 6.87. The fourth-order valence-electron chi connectivity index (χ4n) is 2.75. The number of aliphatic hydroxyl groups is 1. The Balaban J connectivity index is 2.03. The normalized spacial score (nSPS) is 24.1. The Labute approximate surface area is 110 Å². The molecule has 1 aliphatic heterocycles. The summed E-state index contributed by atoms with van der Waals surface area (Å²) in [4.78, 5) is 6.93. The SMILES string of the molecule is CC1(C)CCC(CCO)CN1Cc1ccccn1. The summed E-state index contributed by atoms with van der Waals surface area (Å²) in [5.74, 6) is 0.631. The van der Waals surface area contributed by atoms with E-state index in [4.69, 9.17) is 5.11 Å². The summed E-state index contributed by atoms with van der Waals surface area (Å²) in [5.41, 5.74) is 1.37. The average Bonchev–Trinajstić information content (AvgIpc) is 2.35. The molecule has 3 heteroatoms. The van der Waals surface area contributed by atoms with Gasteiger partial charge in [-0.15, -0.1) is 0 Å². The monoisotopic (exact) mass is 248 g/mol. The Morgan fingerprint density at radius 1 is 1.44 bits per heavy atom. The van der Waals surface area contributed by atoms with E-state index >= 15 is 0 Å². The van der Waals surface area contributed by atoms with Gasteiger partial charge in [-0.1, -0.05) is 6.07 Å². The lowest BCUT2D eigenvalue weighted by atomic mass is 9.83. The van der Waals surface area contributed by atoms with Crippen LogP contribution in [-0.2, 0) is 6.54 Å². The maximum absolute atomic E-state index is 9.09. The Morgan fingerprint density at radius 3 is 2.94 bits per heavy atom. The molecule has 1 aromatic heterocycles. The molecule has 1 aliphatic rings. The predicted octanol–water partition coefficient (Wildman–Crippen LogP) is 2.45. The second-order valence-corrected chi connectivity index (χ2v) is 5.93. The molecular weight excluding hydrogens is 224 g/mol. The molecule has 0 saturated carbocycles. The highest BCUT2D eigenvalue weighted by Gasteiger charge is 2.33. The Bertz CT molecular complexity index is 364. The third-order valence-electron chi connectivity index (χ3n) is 4.12. The van der Waals surface area contributed by atoms with Gasteiger partial charge in [0.15, 0.2) is 0 Å². The fraction of sp³-hybridized carbons (Fsp3) is 0.667. The van der Waals surface area contributed by atoms with Crippen molar-refractivity contribution < 1.29 is 5.11 Å². The molecule has 1 N–H and O–H groups in total. The topological polar surface area (TPSA) is 36.4 Å². The summed E-state index contributed by atoms with van der Waals surface area (Å²) >= 11 is 0. The van der Waals surface area contributed by atoms with Gasteiger partial charge in [0.1, 0.15) is 0 Å². The molecule has 18 heavy (non-hydrogen) atoms. The van der Waals surface area contributed by atoms with Gasteiger partial charge in [-0.3, -0.25) is 9.88 Å². The Morgan fingerprint density at radius 2 is 2.28 bits per heavy atom. The second-order valence-electron chi connectivity index (χ2n) is 5.93. The highest BCUT2D eigenvalue weighted by Crippen LogP contribution is 2.32. The first kappa shape index (κ1) is 13.5. The smallest absolute Gasteiger partial charge is 0.0544 e. The summed E-state index contributed by atoms with van der Waals surface area (Å²) in [6.45, 7) is 6.92. The van der Waals surface area contributed by atoms with Gasteiger partial charge < -0.3 is 5.11 Å². The molecule has 100 valence electrons. The maximum Gasteiger partial charge on any atom is 0.0544 e. The largest absolute Gasteiger partial charge is 0.396 e. The van der Waals surface area contributed by atoms with E-state index in [2.05, 4.69) is 29.8 Å². The summed E-state index contributed by atoms with van der Waals surface area (Å²) in [6, 6.07) is 6.09. The number of likely N-dealkylation sites (tertiary alicyclic amines) is 1. The van der Waals surface area contributed by atoms with E-state index in [0.29, 0.717) is 12.5 Å². The van der Waals surface area contributed by atoms with E-state index in [9.17, 15) is 0 Å². The number of aliphatic hydroxyl groups excluding tert-OH is 1. The molecule has 0 spiro atoms. The van der Waals surface area contributed by atoms with E-state index in [1.54, 1.807) is 0 Å². The molecule has 3 nitrogen and oxygen atoms in total. The first-order valence-corrected chi connectivity index (χ1v) is 6.87. The van der Waals surface area contributed by atoms with Crippen molar-refractivity contribution in [2.45, 2.75) is 45.2 Å². The number of hydrogen-bond acceptors (Lipinski definition) is 3. The zero-order valence-electron chi connectivity index (χ0n) is 11.5. The van der Waals surface area contributed by atoms with E-state index in [1.165, 1.54) is 12.8 Å². The minimum absolute atomic E-state index is 0.240. The summed E-state index contributed by atoms with van der Waals surface area (Å²) < 4.78 is 0. The second kappa shape index (κ2) is 5.81. The third kappa shape index (κ3) is 3.30. The van der Waals surface area contributed by atoms with Crippen LogP contribution in [0.15, 0.2) is 24.4 Å². The molecule has 1 unspecified atom stereocenters. The van der Waals surface area contributed by atoms with Gasteiger partial charge in [-0.2, -0.15) is 0 Å². The van der Waals surface area contributed by atoms with Crippen LogP contribution in [-0.4, -0.2) is 33.7 Å². The van der Waals surface area contributed by atoms with Crippen LogP contribution in [0.5, 0.6) is 0 Å². The van der Waals surface area contributed by atoms with Gasteiger partial charge in [-0.25, -0.2) is 0 Å². The van der Waals surface area contributed by atoms with Crippen LogP contribution in [0.1, 0.15) is 38.8 Å². The minimum atomic E-state index is 0.240. The number of rotatable bonds is 4. The molecule has 0 aliphatic carbocycles. The van der Waals surface area contributed by atoms with E-state index in [0.717, 1.165) is 25.2 Å². The molecule has 0 aromatic carbocycles. The molecule has 0 radical (unpaired) electrons. The van der Waals surface area contributed by atoms with Crippen molar-refractivity contribution in [3.63, 3.8) is 0 Å². The number of nitrogens with zero attached hydrogens (tertiary/aromatic N) is 2. The highest BCUT2D eigenvalue weighted by molar-refractivity contribution is 5.05. The van der Waals surface area contributed by atoms with Crippen LogP contribution in [0.4, 0.5) is 0 Å². The van der Waals surface area contributed by atoms with Crippen LogP contribution in [0.3, 0.4) is 0 Å². The molecule has 2 rings (SSSR count). The number of piperidine rings is 1. The zero-order chi connectivity index (χ0) is 13.0. The lowest BCUT2D eigenvalue weighted by molar-refractivity contribution is 0.0296. The molecule has 1 saturated heterocycles. The van der Waals surface area contributed by atoms with E-state index < -0.39 is 0 Å². The number of pyridine rings is 1. The molecular formula is C15H24N2O. The zero-order valence-corrected chi connectivity index (χ0v) is 11.5. The van der Waals surface area contributed by atoms with Gasteiger partial charge in [0, 0.05) is 31.4 Å². The molecule has 0 amide bonds. The maximum atomic E-state index is 9.09. The summed E-state index contributed by atoms with van der Waals surface area (Å²) in [7, 11) is 0. The van der Waals surface area contributed by atoms with Crippen LogP contribution >= 0.6 is 0 Å². The van der Waals surface area contributed by atoms with Gasteiger partial charge >= 0.3 is 0 Å². The van der Waals surface area contributed by atoms with Crippen LogP contribution in [0.25, 0.3) is 0 Å². The van der Waals surface area contributed by atoms with Gasteiger partial charge in [0.25, 0.3) is 0 Å². The average molecular weight is 248 g/mol. The lowest BCUT2D eigenvalue weighted by Gasteiger charge is -2.45. The predicted molar refractivity (Wildman–Crippen MR) is 73.2 cm³/mol. The van der Waals surface area contributed by atoms with Crippen LogP contribution in [0, 0.1) is 5.92 Å². The number of hydrogen-bond donors (Lipinski definition) is 1. The molecule has 0 bridgehead atoms. The summed E-state index contributed by atoms with van der Waals surface area (Å²) in [5, 5.41) is 9.09. The Kier molecular flexibility index (Phi) is 4.36. The van der Waals surface area contributed by atoms with Gasteiger partial charge in [-0.05, 0) is 51.2 Å². The molecule has 1 fully saturated rings. The van der Waals surface area contributed by atoms with Crippen LogP contribution in [0.2, 0.25) is 0 Å². The minimum Gasteiger partial charge on any atom is -0.396 e. The lowest BCUT2D eigenvalue weighted by Crippen LogP contribution is -2.50. The van der Waals surface area contributed by atoms with E-state index in [1.807, 2.05) is 18.3 Å². The standard InChI is InChI=1S/C15H24N2O/c1-15(2)8-6-13(7-10-18)11-17(15)12-14-5-3-4-9-16-14/h3-5,9,13,18H,6-8,10-12H2,1-2H3. The van der Waals surface area contributed by atoms with Crippen molar-refractivity contribution in [2.24, 2.45) is 5.92 Å². The summed E-state index contributed by atoms with van der Waals surface area (Å²) in [6.07, 6.45) is 5.21. The van der Waals surface area contributed by atoms with E-state index in [-0.39, 0.29) is 5.54 Å². The van der Waals surface area contributed by atoms with Crippen molar-refractivity contribution in [3.05, 3.63) is 30.1 Å². The molecule has 1 atom stereocenters. The van der Waals surface area contributed by atoms with Crippen LogP contribution < -0.4 is 0 Å². The van der Waals surface area contributed by atoms with Crippen molar-refractivity contribution in [1.29, 1.82) is 0 Å².